The van der Waals surface area contributed by atoms with Crippen molar-refractivity contribution in [3.8, 4) is 17.2 Å². The first-order chi connectivity index (χ1) is 14.8. The summed E-state index contributed by atoms with van der Waals surface area (Å²) in [5.74, 6) is 1.19. The molecule has 2 amide bonds. The maximum absolute atomic E-state index is 12.8. The number of aromatic hydroxyl groups is 1. The maximum atomic E-state index is 12.8. The van der Waals surface area contributed by atoms with E-state index in [1.807, 2.05) is 32.0 Å². The van der Waals surface area contributed by atoms with Crippen molar-refractivity contribution >= 4 is 11.8 Å². The van der Waals surface area contributed by atoms with Gasteiger partial charge in [0.15, 0.2) is 12.7 Å². The van der Waals surface area contributed by atoms with Crippen molar-refractivity contribution in [2.45, 2.75) is 33.3 Å². The zero-order valence-corrected chi connectivity index (χ0v) is 18.3. The third kappa shape index (κ3) is 5.90. The molecule has 0 aromatic heterocycles. The van der Waals surface area contributed by atoms with E-state index in [9.17, 15) is 14.7 Å². The van der Waals surface area contributed by atoms with Gasteiger partial charge in [0.25, 0.3) is 11.8 Å². The Labute approximate surface area is 183 Å². The standard InChI is InChI=1S/C24H30N2O5/c1-17-6-4-7-22(18(17)2)30-16-23(28)25-12-5-13-26(15-14-25)24(29)19(3)31-21-10-8-20(27)9-11-21/h4,6-11,19,27H,5,12-16H2,1-3H3. The van der Waals surface area contributed by atoms with Crippen LogP contribution in [-0.4, -0.2) is 65.6 Å². The highest BCUT2D eigenvalue weighted by Crippen LogP contribution is 2.21. The van der Waals surface area contributed by atoms with E-state index in [0.717, 1.165) is 16.9 Å². The second kappa shape index (κ2) is 10.2. The van der Waals surface area contributed by atoms with Crippen LogP contribution >= 0.6 is 0 Å². The number of hydrogen-bond donors (Lipinski definition) is 1. The van der Waals surface area contributed by atoms with E-state index in [2.05, 4.69) is 0 Å². The summed E-state index contributed by atoms with van der Waals surface area (Å²) in [6, 6.07) is 12.1. The Bertz CT molecular complexity index is 913. The summed E-state index contributed by atoms with van der Waals surface area (Å²) in [6.07, 6.45) is 0.0480. The Morgan fingerprint density at radius 3 is 2.42 bits per heavy atom. The minimum absolute atomic E-state index is 0.0153. The SMILES string of the molecule is Cc1cccc(OCC(=O)N2CCCN(C(=O)C(C)Oc3ccc(O)cc3)CC2)c1C. The molecule has 7 heteroatoms. The molecular weight excluding hydrogens is 396 g/mol. The van der Waals surface area contributed by atoms with Gasteiger partial charge in [-0.15, -0.1) is 0 Å². The van der Waals surface area contributed by atoms with Crippen LogP contribution in [0.5, 0.6) is 17.2 Å². The van der Waals surface area contributed by atoms with Crippen molar-refractivity contribution in [1.82, 2.24) is 9.80 Å². The van der Waals surface area contributed by atoms with Crippen molar-refractivity contribution < 1.29 is 24.2 Å². The molecule has 3 rings (SSSR count). The molecule has 1 saturated heterocycles. The molecule has 1 heterocycles. The van der Waals surface area contributed by atoms with Crippen LogP contribution in [0.2, 0.25) is 0 Å². The number of aryl methyl sites for hydroxylation is 1. The summed E-state index contributed by atoms with van der Waals surface area (Å²) in [7, 11) is 0. The number of phenolic OH excluding ortho intramolecular Hbond substituents is 1. The second-order valence-electron chi connectivity index (χ2n) is 7.80. The monoisotopic (exact) mass is 426 g/mol. The normalized spacial score (nSPS) is 15.2. The zero-order chi connectivity index (χ0) is 22.4. The fourth-order valence-electron chi connectivity index (χ4n) is 3.53. The van der Waals surface area contributed by atoms with E-state index >= 15 is 0 Å². The van der Waals surface area contributed by atoms with Crippen LogP contribution in [0.15, 0.2) is 42.5 Å². The third-order valence-corrected chi connectivity index (χ3v) is 5.56. The summed E-state index contributed by atoms with van der Waals surface area (Å²) < 4.78 is 11.5. The summed E-state index contributed by atoms with van der Waals surface area (Å²) in [6.45, 7) is 7.77. The number of hydrogen-bond acceptors (Lipinski definition) is 5. The first-order valence-electron chi connectivity index (χ1n) is 10.6. The number of ether oxygens (including phenoxy) is 2. The first kappa shape index (κ1) is 22.5. The van der Waals surface area contributed by atoms with Crippen LogP contribution in [0.3, 0.4) is 0 Å². The Morgan fingerprint density at radius 2 is 1.68 bits per heavy atom. The number of benzene rings is 2. The van der Waals surface area contributed by atoms with Gasteiger partial charge in [0.05, 0.1) is 0 Å². The van der Waals surface area contributed by atoms with E-state index in [-0.39, 0.29) is 24.2 Å². The lowest BCUT2D eigenvalue weighted by atomic mass is 10.1. The lowest BCUT2D eigenvalue weighted by Crippen LogP contribution is -2.43. The first-order valence-corrected chi connectivity index (χ1v) is 10.6. The van der Waals surface area contributed by atoms with Gasteiger partial charge in [-0.2, -0.15) is 0 Å². The fraction of sp³-hybridized carbons (Fsp3) is 0.417. The van der Waals surface area contributed by atoms with Crippen molar-refractivity contribution in [2.75, 3.05) is 32.8 Å². The molecule has 1 unspecified atom stereocenters. The Morgan fingerprint density at radius 1 is 1.00 bits per heavy atom. The number of amides is 2. The number of nitrogens with zero attached hydrogens (tertiary/aromatic N) is 2. The van der Waals surface area contributed by atoms with Gasteiger partial charge in [-0.3, -0.25) is 9.59 Å². The largest absolute Gasteiger partial charge is 0.508 e. The molecule has 0 aliphatic carbocycles. The molecule has 0 radical (unpaired) electrons. The average molecular weight is 427 g/mol. The highest BCUT2D eigenvalue weighted by molar-refractivity contribution is 5.81. The van der Waals surface area contributed by atoms with Gasteiger partial charge in [0.1, 0.15) is 17.2 Å². The molecular formula is C24H30N2O5. The Hall–Kier alpha value is -3.22. The van der Waals surface area contributed by atoms with E-state index in [0.29, 0.717) is 38.3 Å². The molecule has 1 atom stereocenters. The van der Waals surface area contributed by atoms with Gasteiger partial charge >= 0.3 is 0 Å². The summed E-state index contributed by atoms with van der Waals surface area (Å²) in [5.41, 5.74) is 2.16. The molecule has 7 nitrogen and oxygen atoms in total. The van der Waals surface area contributed by atoms with Gasteiger partial charge in [-0.25, -0.2) is 0 Å². The van der Waals surface area contributed by atoms with Gasteiger partial charge in [-0.1, -0.05) is 12.1 Å². The molecule has 0 saturated carbocycles. The summed E-state index contributed by atoms with van der Waals surface area (Å²) in [4.78, 5) is 28.9. The third-order valence-electron chi connectivity index (χ3n) is 5.56. The molecule has 2 aromatic rings. The van der Waals surface area contributed by atoms with Crippen molar-refractivity contribution in [3.05, 3.63) is 53.6 Å². The van der Waals surface area contributed by atoms with Crippen LogP contribution in [-0.2, 0) is 9.59 Å². The van der Waals surface area contributed by atoms with Crippen LogP contribution in [0.4, 0.5) is 0 Å². The van der Waals surface area contributed by atoms with Crippen LogP contribution in [0.1, 0.15) is 24.5 Å². The molecule has 1 fully saturated rings. The highest BCUT2D eigenvalue weighted by atomic mass is 16.5. The van der Waals surface area contributed by atoms with Gasteiger partial charge < -0.3 is 24.4 Å². The molecule has 0 bridgehead atoms. The van der Waals surface area contributed by atoms with Crippen LogP contribution in [0, 0.1) is 13.8 Å². The molecule has 1 aliphatic rings. The number of phenols is 1. The average Bonchev–Trinajstić information content (AvgIpc) is 3.02. The Balaban J connectivity index is 1.50. The summed E-state index contributed by atoms with van der Waals surface area (Å²) >= 11 is 0. The predicted octanol–water partition coefficient (Wildman–Crippen LogP) is 2.92. The smallest absolute Gasteiger partial charge is 0.263 e. The summed E-state index contributed by atoms with van der Waals surface area (Å²) in [5, 5.41) is 9.36. The van der Waals surface area contributed by atoms with Gasteiger partial charge in [0, 0.05) is 26.2 Å². The van der Waals surface area contributed by atoms with E-state index in [1.54, 1.807) is 28.9 Å². The van der Waals surface area contributed by atoms with Crippen molar-refractivity contribution in [1.29, 1.82) is 0 Å². The lowest BCUT2D eigenvalue weighted by molar-refractivity contribution is -0.138. The molecule has 1 N–H and O–H groups in total. The van der Waals surface area contributed by atoms with E-state index in [4.69, 9.17) is 9.47 Å². The molecule has 166 valence electrons. The van der Waals surface area contributed by atoms with E-state index in [1.165, 1.54) is 12.1 Å². The minimum atomic E-state index is -0.653. The molecule has 2 aromatic carbocycles. The van der Waals surface area contributed by atoms with Crippen LogP contribution < -0.4 is 9.47 Å². The fourth-order valence-corrected chi connectivity index (χ4v) is 3.53. The number of rotatable bonds is 6. The van der Waals surface area contributed by atoms with Gasteiger partial charge in [-0.05, 0) is 68.7 Å². The molecule has 31 heavy (non-hydrogen) atoms. The second-order valence-corrected chi connectivity index (χ2v) is 7.80. The van der Waals surface area contributed by atoms with Gasteiger partial charge in [0.2, 0.25) is 0 Å². The van der Waals surface area contributed by atoms with Crippen molar-refractivity contribution in [3.63, 3.8) is 0 Å². The number of carbonyl (C=O) groups is 2. The quantitative estimate of drug-likeness (QED) is 0.768. The Kier molecular flexibility index (Phi) is 7.39. The number of carbonyl (C=O) groups excluding carboxylic acids is 2. The van der Waals surface area contributed by atoms with E-state index < -0.39 is 6.10 Å². The predicted molar refractivity (Wildman–Crippen MR) is 117 cm³/mol. The minimum Gasteiger partial charge on any atom is -0.508 e. The topological polar surface area (TPSA) is 79.3 Å². The zero-order valence-electron chi connectivity index (χ0n) is 18.3. The molecule has 0 spiro atoms. The molecule has 1 aliphatic heterocycles. The van der Waals surface area contributed by atoms with Crippen LogP contribution in [0.25, 0.3) is 0 Å². The maximum Gasteiger partial charge on any atom is 0.263 e. The van der Waals surface area contributed by atoms with Crippen molar-refractivity contribution in [2.24, 2.45) is 0 Å². The lowest BCUT2D eigenvalue weighted by Gasteiger charge is -2.25. The highest BCUT2D eigenvalue weighted by Gasteiger charge is 2.26.